The summed E-state index contributed by atoms with van der Waals surface area (Å²) < 4.78 is 12.7. The van der Waals surface area contributed by atoms with Crippen molar-refractivity contribution in [3.8, 4) is 0 Å². The van der Waals surface area contributed by atoms with Crippen molar-refractivity contribution in [2.45, 2.75) is 6.42 Å². The smallest absolute Gasteiger partial charge is 0.163 e. The normalized spacial score (nSPS) is 9.62. The average molecular weight is 198 g/mol. The Hall–Kier alpha value is -1.16. The van der Waals surface area contributed by atoms with Crippen molar-refractivity contribution in [2.75, 3.05) is 6.54 Å². The Balaban J connectivity index is 2.41. The average Bonchev–Trinajstić information content (AvgIpc) is 2.03. The van der Waals surface area contributed by atoms with Gasteiger partial charge in [0.2, 0.25) is 0 Å². The van der Waals surface area contributed by atoms with Gasteiger partial charge in [-0.15, -0.1) is 0 Å². The molecule has 3 N–H and O–H groups in total. The molecule has 2 nitrogen and oxygen atoms in total. The lowest BCUT2D eigenvalue weighted by Crippen LogP contribution is -2.30. The van der Waals surface area contributed by atoms with Crippen molar-refractivity contribution < 1.29 is 4.39 Å². The topological polar surface area (TPSA) is 38.0 Å². The highest BCUT2D eigenvalue weighted by atomic mass is 32.1. The van der Waals surface area contributed by atoms with Crippen LogP contribution in [0.3, 0.4) is 0 Å². The van der Waals surface area contributed by atoms with E-state index in [2.05, 4.69) is 17.5 Å². The molecule has 0 atom stereocenters. The third-order valence-corrected chi connectivity index (χ3v) is 1.75. The van der Waals surface area contributed by atoms with E-state index in [0.717, 1.165) is 12.0 Å². The minimum atomic E-state index is -0.215. The molecule has 0 amide bonds. The third kappa shape index (κ3) is 3.85. The maximum Gasteiger partial charge on any atom is 0.163 e. The lowest BCUT2D eigenvalue weighted by atomic mass is 10.1. The second-order valence-electron chi connectivity index (χ2n) is 2.67. The molecule has 1 aromatic carbocycles. The fraction of sp³-hybridized carbons (Fsp3) is 0.222. The summed E-state index contributed by atoms with van der Waals surface area (Å²) in [6.45, 7) is 0.638. The van der Waals surface area contributed by atoms with Crippen molar-refractivity contribution in [1.29, 1.82) is 0 Å². The van der Waals surface area contributed by atoms with Gasteiger partial charge in [-0.3, -0.25) is 0 Å². The largest absolute Gasteiger partial charge is 0.376 e. The molecule has 0 saturated carbocycles. The van der Waals surface area contributed by atoms with Crippen molar-refractivity contribution in [3.05, 3.63) is 35.6 Å². The zero-order chi connectivity index (χ0) is 9.68. The van der Waals surface area contributed by atoms with Gasteiger partial charge in [0.25, 0.3) is 0 Å². The predicted octanol–water partition coefficient (Wildman–Crippen LogP) is 1.20. The first-order chi connectivity index (χ1) is 6.18. The second kappa shape index (κ2) is 4.77. The highest BCUT2D eigenvalue weighted by Gasteiger charge is 1.94. The summed E-state index contributed by atoms with van der Waals surface area (Å²) in [4.78, 5) is 0. The van der Waals surface area contributed by atoms with Crippen LogP contribution in [0.25, 0.3) is 0 Å². The molecule has 70 valence electrons. The van der Waals surface area contributed by atoms with E-state index < -0.39 is 0 Å². The summed E-state index contributed by atoms with van der Waals surface area (Å²) in [5, 5.41) is 3.07. The van der Waals surface area contributed by atoms with Crippen molar-refractivity contribution in [1.82, 2.24) is 5.32 Å². The van der Waals surface area contributed by atoms with Crippen molar-refractivity contribution >= 4 is 17.3 Å². The summed E-state index contributed by atoms with van der Waals surface area (Å²) in [6, 6.07) is 6.47. The molecule has 0 fully saturated rings. The Bertz CT molecular complexity index is 301. The molecule has 0 saturated heterocycles. The number of thiocarbonyl (C=S) groups is 1. The quantitative estimate of drug-likeness (QED) is 0.717. The van der Waals surface area contributed by atoms with Crippen LogP contribution in [0.4, 0.5) is 4.39 Å². The Labute approximate surface area is 81.9 Å². The van der Waals surface area contributed by atoms with Gasteiger partial charge in [0.15, 0.2) is 5.11 Å². The van der Waals surface area contributed by atoms with Gasteiger partial charge in [-0.25, -0.2) is 4.39 Å². The van der Waals surface area contributed by atoms with Gasteiger partial charge in [0.1, 0.15) is 5.82 Å². The van der Waals surface area contributed by atoms with Crippen LogP contribution in [-0.4, -0.2) is 11.7 Å². The Morgan fingerprint density at radius 2 is 2.31 bits per heavy atom. The molecule has 0 aliphatic carbocycles. The van der Waals surface area contributed by atoms with Gasteiger partial charge in [-0.1, -0.05) is 12.1 Å². The number of nitrogens with two attached hydrogens (primary N) is 1. The van der Waals surface area contributed by atoms with E-state index in [1.165, 1.54) is 12.1 Å². The minimum Gasteiger partial charge on any atom is -0.376 e. The lowest BCUT2D eigenvalue weighted by molar-refractivity contribution is 0.625. The van der Waals surface area contributed by atoms with Crippen LogP contribution in [0.15, 0.2) is 24.3 Å². The van der Waals surface area contributed by atoms with Crippen LogP contribution in [0.2, 0.25) is 0 Å². The van der Waals surface area contributed by atoms with Gasteiger partial charge in [-0.2, -0.15) is 0 Å². The molecule has 0 bridgehead atoms. The van der Waals surface area contributed by atoms with Crippen molar-refractivity contribution in [2.24, 2.45) is 5.73 Å². The van der Waals surface area contributed by atoms with Gasteiger partial charge in [0, 0.05) is 6.54 Å². The molecule has 4 heteroatoms. The van der Waals surface area contributed by atoms with E-state index in [-0.39, 0.29) is 10.9 Å². The van der Waals surface area contributed by atoms with Gasteiger partial charge < -0.3 is 11.1 Å². The van der Waals surface area contributed by atoms with E-state index >= 15 is 0 Å². The lowest BCUT2D eigenvalue weighted by Gasteiger charge is -2.03. The van der Waals surface area contributed by atoms with E-state index in [1.807, 2.05) is 6.07 Å². The molecule has 13 heavy (non-hydrogen) atoms. The molecule has 0 radical (unpaired) electrons. The highest BCUT2D eigenvalue weighted by molar-refractivity contribution is 7.80. The summed E-state index contributed by atoms with van der Waals surface area (Å²) >= 11 is 4.63. The molecule has 0 unspecified atom stereocenters. The monoisotopic (exact) mass is 198 g/mol. The van der Waals surface area contributed by atoms with E-state index in [0.29, 0.717) is 6.54 Å². The van der Waals surface area contributed by atoms with Crippen LogP contribution >= 0.6 is 12.2 Å². The zero-order valence-electron chi connectivity index (χ0n) is 7.09. The molecule has 0 aliphatic heterocycles. The van der Waals surface area contributed by atoms with Crippen molar-refractivity contribution in [3.63, 3.8) is 0 Å². The Morgan fingerprint density at radius 3 is 2.92 bits per heavy atom. The first-order valence-corrected chi connectivity index (χ1v) is 4.37. The van der Waals surface area contributed by atoms with E-state index in [9.17, 15) is 4.39 Å². The second-order valence-corrected chi connectivity index (χ2v) is 3.11. The summed E-state index contributed by atoms with van der Waals surface area (Å²) in [6.07, 6.45) is 0.717. The maximum atomic E-state index is 12.7. The number of hydrogen-bond acceptors (Lipinski definition) is 1. The van der Waals surface area contributed by atoms with Crippen LogP contribution in [-0.2, 0) is 6.42 Å². The molecule has 1 aromatic rings. The first kappa shape index (κ1) is 9.92. The maximum absolute atomic E-state index is 12.7. The molecular weight excluding hydrogens is 187 g/mol. The minimum absolute atomic E-state index is 0.215. The van der Waals surface area contributed by atoms with Crippen LogP contribution in [0.5, 0.6) is 0 Å². The SMILES string of the molecule is NC(=S)NCCc1cccc(F)c1. The number of halogens is 1. The number of benzene rings is 1. The Morgan fingerprint density at radius 1 is 1.54 bits per heavy atom. The van der Waals surface area contributed by atoms with Gasteiger partial charge in [0.05, 0.1) is 0 Å². The van der Waals surface area contributed by atoms with E-state index in [1.54, 1.807) is 6.07 Å². The first-order valence-electron chi connectivity index (χ1n) is 3.96. The standard InChI is InChI=1S/C9H11FN2S/c10-8-3-1-2-7(6-8)4-5-12-9(11)13/h1-3,6H,4-5H2,(H3,11,12,13). The Kier molecular flexibility index (Phi) is 3.64. The fourth-order valence-electron chi connectivity index (χ4n) is 1.02. The zero-order valence-corrected chi connectivity index (χ0v) is 7.90. The molecule has 0 aromatic heterocycles. The van der Waals surface area contributed by atoms with Crippen LogP contribution in [0.1, 0.15) is 5.56 Å². The van der Waals surface area contributed by atoms with E-state index in [4.69, 9.17) is 5.73 Å². The van der Waals surface area contributed by atoms with Gasteiger partial charge in [-0.05, 0) is 36.3 Å². The van der Waals surface area contributed by atoms with Crippen LogP contribution in [0, 0.1) is 5.82 Å². The highest BCUT2D eigenvalue weighted by Crippen LogP contribution is 2.03. The molecule has 0 spiro atoms. The molecule has 0 aliphatic rings. The number of nitrogens with one attached hydrogen (secondary N) is 1. The third-order valence-electron chi connectivity index (χ3n) is 1.60. The van der Waals surface area contributed by atoms with Crippen LogP contribution < -0.4 is 11.1 Å². The molecule has 1 rings (SSSR count). The summed E-state index contributed by atoms with van der Waals surface area (Å²) in [5.74, 6) is -0.215. The summed E-state index contributed by atoms with van der Waals surface area (Å²) in [7, 11) is 0. The van der Waals surface area contributed by atoms with Gasteiger partial charge >= 0.3 is 0 Å². The molecular formula is C9H11FN2S. The number of rotatable bonds is 3. The number of hydrogen-bond donors (Lipinski definition) is 2. The molecule has 0 heterocycles. The summed E-state index contributed by atoms with van der Waals surface area (Å²) in [5.41, 5.74) is 6.17. The predicted molar refractivity (Wildman–Crippen MR) is 54.9 cm³/mol. The fourth-order valence-corrected chi connectivity index (χ4v) is 1.12.